The summed E-state index contributed by atoms with van der Waals surface area (Å²) in [5.74, 6) is -3.49. The van der Waals surface area contributed by atoms with Gasteiger partial charge in [-0.1, -0.05) is 48.9 Å². The van der Waals surface area contributed by atoms with Gasteiger partial charge in [-0.05, 0) is 65.6 Å². The first-order valence-corrected chi connectivity index (χ1v) is 14.9. The van der Waals surface area contributed by atoms with Gasteiger partial charge in [-0.15, -0.1) is 0 Å². The van der Waals surface area contributed by atoms with Gasteiger partial charge in [-0.3, -0.25) is 4.79 Å². The van der Waals surface area contributed by atoms with Crippen molar-refractivity contribution in [3.63, 3.8) is 0 Å². The second-order valence-electron chi connectivity index (χ2n) is 9.70. The van der Waals surface area contributed by atoms with E-state index in [1.165, 1.54) is 24.3 Å². The largest absolute Gasteiger partial charge is 0.743 e. The lowest BCUT2D eigenvalue weighted by molar-refractivity contribution is -0.202. The quantitative estimate of drug-likeness (QED) is 0.209. The number of benzene rings is 2. The van der Waals surface area contributed by atoms with Crippen molar-refractivity contribution in [3.05, 3.63) is 48.0 Å². The van der Waals surface area contributed by atoms with E-state index in [0.717, 1.165) is 22.1 Å². The number of Topliss-reactive ketones (excluding diaryl/α,β-unsaturated/α-hetero) is 1. The zero-order valence-electron chi connectivity index (χ0n) is 19.1. The van der Waals surface area contributed by atoms with Crippen molar-refractivity contribution in [2.45, 2.75) is 49.7 Å². The second kappa shape index (κ2) is 10.0. The van der Waals surface area contributed by atoms with E-state index in [1.807, 2.05) is 24.3 Å². The summed E-state index contributed by atoms with van der Waals surface area (Å²) in [6.45, 7) is 0. The lowest BCUT2D eigenvalue weighted by Gasteiger charge is -2.36. The van der Waals surface area contributed by atoms with Crippen LogP contribution in [0.15, 0.2) is 42.5 Å². The predicted octanol–water partition coefficient (Wildman–Crippen LogP) is 5.63. The summed E-state index contributed by atoms with van der Waals surface area (Å²) < 4.78 is 84.0. The van der Waals surface area contributed by atoms with Gasteiger partial charge in [0.25, 0.3) is 0 Å². The summed E-state index contributed by atoms with van der Waals surface area (Å²) in [5, 5.41) is -3.25. The van der Waals surface area contributed by atoms with Crippen molar-refractivity contribution in [1.82, 2.24) is 0 Å². The molecule has 3 fully saturated rings. The molecule has 4 nitrogen and oxygen atoms in total. The molecule has 2 aromatic rings. The van der Waals surface area contributed by atoms with Gasteiger partial charge in [0.05, 0.1) is 0 Å². The van der Waals surface area contributed by atoms with Gasteiger partial charge in [-0.2, -0.15) is 17.6 Å². The van der Waals surface area contributed by atoms with E-state index < -0.39 is 33.1 Å². The highest BCUT2D eigenvalue weighted by molar-refractivity contribution is 7.97. The fourth-order valence-electron chi connectivity index (χ4n) is 5.66. The van der Waals surface area contributed by atoms with Gasteiger partial charge in [0.15, 0.2) is 15.9 Å². The zero-order chi connectivity index (χ0) is 25.4. The van der Waals surface area contributed by atoms with Crippen molar-refractivity contribution in [2.75, 3.05) is 17.3 Å². The van der Waals surface area contributed by atoms with Crippen LogP contribution in [0.3, 0.4) is 0 Å². The molecule has 10 heteroatoms. The Hall–Kier alpha value is -1.65. The Bertz CT molecular complexity index is 1170. The molecule has 0 radical (unpaired) electrons. The average molecular weight is 533 g/mol. The number of alkyl halides is 4. The Morgan fingerprint density at radius 1 is 0.971 bits per heavy atom. The summed E-state index contributed by atoms with van der Waals surface area (Å²) >= 11 is 0. The normalized spacial score (nSPS) is 25.0. The minimum Gasteiger partial charge on any atom is -0.743 e. The Kier molecular flexibility index (Phi) is 7.56. The maximum atomic E-state index is 13.5. The van der Waals surface area contributed by atoms with Crippen molar-refractivity contribution in [3.8, 4) is 0 Å². The van der Waals surface area contributed by atoms with E-state index >= 15 is 0 Å². The third-order valence-electron chi connectivity index (χ3n) is 7.45. The highest BCUT2D eigenvalue weighted by Gasteiger charge is 2.68. The topological polar surface area (TPSA) is 74.3 Å². The molecule has 1 heterocycles. The summed E-state index contributed by atoms with van der Waals surface area (Å²) in [4.78, 5) is 12.4. The maximum Gasteiger partial charge on any atom is 0.396 e. The standard InChI is InChI=1S/C16H17OS.C9H12F4O3S/c17-16(12-18-10-3-4-11-18)15-9-5-7-13-6-1-2-8-14(13)15;10-8(11,9(12,13)17(14,15)16)7-4-5-1-2-6(7)3-5/h1-2,5-9H,3-4,10-12H2;5-7H,1-4H2,(H,14,15,16)/q+1;/p-1. The summed E-state index contributed by atoms with van der Waals surface area (Å²) in [7, 11) is -6.00. The maximum absolute atomic E-state index is 13.5. The van der Waals surface area contributed by atoms with Crippen molar-refractivity contribution in [2.24, 2.45) is 17.8 Å². The van der Waals surface area contributed by atoms with Gasteiger partial charge < -0.3 is 4.55 Å². The van der Waals surface area contributed by atoms with Crippen LogP contribution in [0.2, 0.25) is 0 Å². The average Bonchev–Trinajstić information content (AvgIpc) is 3.57. The molecular weight excluding hydrogens is 504 g/mol. The number of fused-ring (bicyclic) bond motifs is 3. The first kappa shape index (κ1) is 26.4. The minimum atomic E-state index is -6.35. The van der Waals surface area contributed by atoms with Crippen LogP contribution in [-0.4, -0.2) is 47.2 Å². The van der Waals surface area contributed by atoms with Gasteiger partial charge in [-0.25, -0.2) is 8.42 Å². The number of rotatable bonds is 6. The van der Waals surface area contributed by atoms with Crippen molar-refractivity contribution < 1.29 is 35.3 Å². The first-order valence-electron chi connectivity index (χ1n) is 11.8. The molecule has 0 N–H and O–H groups in total. The van der Waals surface area contributed by atoms with Crippen LogP contribution < -0.4 is 0 Å². The van der Waals surface area contributed by atoms with E-state index in [1.54, 1.807) is 0 Å². The number of halogens is 4. The number of carbonyl (C=O) groups is 1. The van der Waals surface area contributed by atoms with Crippen LogP contribution in [0.5, 0.6) is 0 Å². The van der Waals surface area contributed by atoms with E-state index in [0.29, 0.717) is 35.9 Å². The third kappa shape index (κ3) is 5.25. The molecule has 35 heavy (non-hydrogen) atoms. The number of hydrogen-bond donors (Lipinski definition) is 0. The van der Waals surface area contributed by atoms with Gasteiger partial charge in [0.1, 0.15) is 11.5 Å². The van der Waals surface area contributed by atoms with Gasteiger partial charge >= 0.3 is 11.2 Å². The Morgan fingerprint density at radius 3 is 2.23 bits per heavy atom. The number of carbonyl (C=O) groups excluding carboxylic acids is 1. The molecule has 2 bridgehead atoms. The predicted molar refractivity (Wildman–Crippen MR) is 128 cm³/mol. The second-order valence-corrected chi connectivity index (χ2v) is 13.4. The number of ketones is 1. The molecule has 2 aliphatic carbocycles. The molecular formula is C25H28F4O4S2. The molecule has 0 spiro atoms. The molecule has 0 aromatic heterocycles. The molecule has 2 saturated carbocycles. The van der Waals surface area contributed by atoms with Gasteiger partial charge in [0, 0.05) is 11.5 Å². The van der Waals surface area contributed by atoms with Crippen LogP contribution >= 0.6 is 0 Å². The molecule has 192 valence electrons. The first-order chi connectivity index (χ1) is 16.4. The monoisotopic (exact) mass is 532 g/mol. The zero-order valence-corrected chi connectivity index (χ0v) is 20.7. The Labute approximate surface area is 205 Å². The summed E-state index contributed by atoms with van der Waals surface area (Å²) in [6, 6.07) is 14.2. The highest BCUT2D eigenvalue weighted by atomic mass is 32.2. The summed E-state index contributed by atoms with van der Waals surface area (Å²) in [5.41, 5.74) is 0.910. The van der Waals surface area contributed by atoms with E-state index in [4.69, 9.17) is 0 Å². The van der Waals surface area contributed by atoms with Crippen molar-refractivity contribution >= 4 is 37.6 Å². The fraction of sp³-hybridized carbons (Fsp3) is 0.560. The molecule has 1 aliphatic heterocycles. The van der Waals surface area contributed by atoms with Crippen LogP contribution in [0.4, 0.5) is 17.6 Å². The van der Waals surface area contributed by atoms with Crippen LogP contribution in [-0.2, 0) is 21.0 Å². The third-order valence-corrected chi connectivity index (χ3v) is 10.7. The SMILES string of the molecule is O=C(C[S+]1CCCC1)c1cccc2ccccc12.O=S(=O)([O-])C(F)(F)C(F)(F)C1CC2CCC1C2. The summed E-state index contributed by atoms with van der Waals surface area (Å²) in [6.07, 6.45) is 4.04. The molecule has 0 amide bonds. The van der Waals surface area contributed by atoms with E-state index in [9.17, 15) is 35.3 Å². The molecule has 3 aliphatic rings. The Balaban J connectivity index is 0.000000165. The lowest BCUT2D eigenvalue weighted by atomic mass is 9.84. The number of hydrogen-bond acceptors (Lipinski definition) is 4. The molecule has 3 unspecified atom stereocenters. The molecule has 2 aromatic carbocycles. The highest BCUT2D eigenvalue weighted by Crippen LogP contribution is 2.58. The Morgan fingerprint density at radius 2 is 1.63 bits per heavy atom. The van der Waals surface area contributed by atoms with E-state index in [2.05, 4.69) is 18.2 Å². The fourth-order valence-corrected chi connectivity index (χ4v) is 8.39. The van der Waals surface area contributed by atoms with Crippen LogP contribution in [0.1, 0.15) is 48.9 Å². The molecule has 1 saturated heterocycles. The van der Waals surface area contributed by atoms with Crippen LogP contribution in [0.25, 0.3) is 10.8 Å². The van der Waals surface area contributed by atoms with Gasteiger partial charge in [0.2, 0.25) is 5.78 Å². The van der Waals surface area contributed by atoms with Crippen molar-refractivity contribution in [1.29, 1.82) is 0 Å². The minimum absolute atomic E-state index is 0.0407. The lowest BCUT2D eigenvalue weighted by Crippen LogP contribution is -2.52. The van der Waals surface area contributed by atoms with E-state index in [-0.39, 0.29) is 12.3 Å². The molecule has 3 atom stereocenters. The van der Waals surface area contributed by atoms with Crippen LogP contribution in [0, 0.1) is 17.8 Å². The smallest absolute Gasteiger partial charge is 0.396 e. The molecule has 5 rings (SSSR count).